The van der Waals surface area contributed by atoms with E-state index >= 15 is 0 Å². The molecule has 11 heteroatoms. The van der Waals surface area contributed by atoms with Gasteiger partial charge in [0.05, 0.1) is 32.0 Å². The molecule has 0 aromatic carbocycles. The molecule has 6 N–H and O–H groups in total. The van der Waals surface area contributed by atoms with Crippen LogP contribution in [0.5, 0.6) is 0 Å². The number of unbranched alkanes of at least 4 members (excludes halogenated alkanes) is 40. The van der Waals surface area contributed by atoms with Crippen LogP contribution in [0.15, 0.2) is 36.5 Å². The summed E-state index contributed by atoms with van der Waals surface area (Å²) in [5.41, 5.74) is 0. The fourth-order valence-electron chi connectivity index (χ4n) is 10.5. The van der Waals surface area contributed by atoms with Crippen LogP contribution in [0.3, 0.4) is 0 Å². The lowest BCUT2D eigenvalue weighted by molar-refractivity contribution is -0.302. The Morgan fingerprint density at radius 3 is 1.29 bits per heavy atom. The Balaban J connectivity index is 1.97. The Morgan fingerprint density at radius 1 is 0.474 bits per heavy atom. The highest BCUT2D eigenvalue weighted by atomic mass is 16.7. The minimum Gasteiger partial charge on any atom is -0.466 e. The zero-order valence-corrected chi connectivity index (χ0v) is 50.6. The summed E-state index contributed by atoms with van der Waals surface area (Å²) in [6.45, 7) is 4.33. The lowest BCUT2D eigenvalue weighted by atomic mass is 9.99. The predicted molar refractivity (Wildman–Crippen MR) is 324 cm³/mol. The van der Waals surface area contributed by atoms with E-state index in [4.69, 9.17) is 14.2 Å². The average Bonchev–Trinajstić information content (AvgIpc) is 3.44. The molecule has 78 heavy (non-hydrogen) atoms. The van der Waals surface area contributed by atoms with Gasteiger partial charge in [-0.15, -0.1) is 0 Å². The number of nitrogens with one attached hydrogen (secondary N) is 1. The van der Waals surface area contributed by atoms with Crippen molar-refractivity contribution >= 4 is 11.9 Å². The first-order valence-electron chi connectivity index (χ1n) is 33.3. The van der Waals surface area contributed by atoms with Crippen molar-refractivity contribution in [1.82, 2.24) is 5.32 Å². The molecule has 1 aliphatic heterocycles. The number of esters is 1. The largest absolute Gasteiger partial charge is 0.466 e. The van der Waals surface area contributed by atoms with Crippen LogP contribution in [0.2, 0.25) is 0 Å². The van der Waals surface area contributed by atoms with E-state index < -0.39 is 49.5 Å². The van der Waals surface area contributed by atoms with E-state index in [-0.39, 0.29) is 18.5 Å². The number of amides is 1. The Kier molecular flexibility index (Phi) is 53.7. The summed E-state index contributed by atoms with van der Waals surface area (Å²) in [7, 11) is 0. The van der Waals surface area contributed by atoms with E-state index in [0.29, 0.717) is 19.4 Å². The van der Waals surface area contributed by atoms with Gasteiger partial charge in [-0.3, -0.25) is 9.59 Å². The van der Waals surface area contributed by atoms with E-state index in [1.807, 2.05) is 6.08 Å². The minimum atomic E-state index is -1.57. The predicted octanol–water partition coefficient (Wildman–Crippen LogP) is 16.2. The van der Waals surface area contributed by atoms with E-state index in [0.717, 1.165) is 64.2 Å². The number of hydrogen-bond acceptors (Lipinski definition) is 10. The zero-order chi connectivity index (χ0) is 56.6. The molecular weight excluding hydrogens is 979 g/mol. The second kappa shape index (κ2) is 56.7. The van der Waals surface area contributed by atoms with Crippen LogP contribution in [0.4, 0.5) is 0 Å². The SMILES string of the molecule is CCCCCCCCC/C=C/C(O)C(COC1OC(CO)C(O)C(O)C1O)NC(=O)CCCCCCCCCCCCC/C=C\C/C=C\CCCCCCCCCCCOC(=O)CCCCCCCCCCCCCCCC. The molecule has 7 unspecified atom stereocenters. The number of ether oxygens (including phenoxy) is 3. The molecule has 1 saturated heterocycles. The van der Waals surface area contributed by atoms with Crippen LogP contribution >= 0.6 is 0 Å². The van der Waals surface area contributed by atoms with Crippen molar-refractivity contribution in [3.8, 4) is 0 Å². The molecule has 11 nitrogen and oxygen atoms in total. The first kappa shape index (κ1) is 73.9. The van der Waals surface area contributed by atoms with Gasteiger partial charge in [-0.05, 0) is 64.2 Å². The summed E-state index contributed by atoms with van der Waals surface area (Å²) >= 11 is 0. The highest BCUT2D eigenvalue weighted by molar-refractivity contribution is 5.76. The number of aliphatic hydroxyl groups excluding tert-OH is 5. The fourth-order valence-corrected chi connectivity index (χ4v) is 10.5. The maximum atomic E-state index is 13.0. The van der Waals surface area contributed by atoms with Gasteiger partial charge in [0, 0.05) is 12.8 Å². The highest BCUT2D eigenvalue weighted by Gasteiger charge is 2.44. The van der Waals surface area contributed by atoms with Gasteiger partial charge < -0.3 is 45.1 Å². The van der Waals surface area contributed by atoms with Crippen molar-refractivity contribution in [2.24, 2.45) is 0 Å². The van der Waals surface area contributed by atoms with Gasteiger partial charge in [0.2, 0.25) is 5.91 Å². The number of carbonyl (C=O) groups excluding carboxylic acids is 2. The number of allylic oxidation sites excluding steroid dienone is 5. The van der Waals surface area contributed by atoms with Gasteiger partial charge in [0.25, 0.3) is 0 Å². The van der Waals surface area contributed by atoms with Crippen LogP contribution in [0, 0.1) is 0 Å². The Hall–Kier alpha value is -2.12. The van der Waals surface area contributed by atoms with Gasteiger partial charge >= 0.3 is 5.97 Å². The van der Waals surface area contributed by atoms with Gasteiger partial charge in [-0.1, -0.05) is 275 Å². The third-order valence-corrected chi connectivity index (χ3v) is 15.7. The molecule has 7 atom stereocenters. The molecule has 0 radical (unpaired) electrons. The van der Waals surface area contributed by atoms with Crippen LogP contribution < -0.4 is 5.32 Å². The minimum absolute atomic E-state index is 0.00336. The third-order valence-electron chi connectivity index (χ3n) is 15.7. The Bertz CT molecular complexity index is 1390. The molecule has 0 bridgehead atoms. The lowest BCUT2D eigenvalue weighted by Gasteiger charge is -2.40. The molecule has 0 spiro atoms. The third kappa shape index (κ3) is 45.5. The summed E-state index contributed by atoms with van der Waals surface area (Å²) in [5, 5.41) is 54.2. The number of aliphatic hydroxyl groups is 5. The van der Waals surface area contributed by atoms with E-state index in [1.165, 1.54) is 225 Å². The Morgan fingerprint density at radius 2 is 0.859 bits per heavy atom. The zero-order valence-electron chi connectivity index (χ0n) is 50.6. The smallest absolute Gasteiger partial charge is 0.305 e. The fraction of sp³-hybridized carbons (Fsp3) is 0.881. The molecule has 0 aliphatic carbocycles. The van der Waals surface area contributed by atoms with Crippen LogP contribution in [-0.4, -0.2) is 100 Å². The van der Waals surface area contributed by atoms with Gasteiger partial charge in [0.15, 0.2) is 6.29 Å². The van der Waals surface area contributed by atoms with Crippen LogP contribution in [-0.2, 0) is 23.8 Å². The van der Waals surface area contributed by atoms with Crippen LogP contribution in [0.1, 0.15) is 316 Å². The summed E-state index contributed by atoms with van der Waals surface area (Å²) in [4.78, 5) is 25.1. The van der Waals surface area contributed by atoms with Gasteiger partial charge in [0.1, 0.15) is 24.4 Å². The van der Waals surface area contributed by atoms with Crippen molar-refractivity contribution in [2.75, 3.05) is 19.8 Å². The average molecular weight is 1100 g/mol. The number of hydrogen-bond donors (Lipinski definition) is 6. The second-order valence-corrected chi connectivity index (χ2v) is 23.2. The molecule has 458 valence electrons. The van der Waals surface area contributed by atoms with Crippen molar-refractivity contribution in [3.05, 3.63) is 36.5 Å². The Labute approximate surface area is 479 Å². The molecule has 0 aromatic rings. The second-order valence-electron chi connectivity index (χ2n) is 23.2. The maximum absolute atomic E-state index is 13.0. The van der Waals surface area contributed by atoms with E-state index in [1.54, 1.807) is 6.08 Å². The standard InChI is InChI=1S/C67H125NO10/c1-3-5-7-9-11-13-14-15-32-35-39-43-47-51-55-63(72)76-56-52-48-44-40-36-33-30-28-26-24-22-20-18-16-17-19-21-23-25-27-29-31-34-38-42-46-50-54-62(71)68-59(60(70)53-49-45-41-37-12-10-8-6-4-2)58-77-67-66(75)65(74)64(73)61(57-69)78-67/h16-17,20,22,49,53,59-61,64-67,69-70,73-75H,3-15,18-19,21,23-48,50-52,54-58H2,1-2H3,(H,68,71)/b17-16-,22-20-,53-49+. The van der Waals surface area contributed by atoms with Crippen molar-refractivity contribution in [1.29, 1.82) is 0 Å². The van der Waals surface area contributed by atoms with E-state index in [2.05, 4.69) is 43.5 Å². The molecular formula is C67H125NO10. The molecule has 1 heterocycles. The molecule has 0 saturated carbocycles. The van der Waals surface area contributed by atoms with Crippen molar-refractivity contribution < 1.29 is 49.3 Å². The van der Waals surface area contributed by atoms with Crippen LogP contribution in [0.25, 0.3) is 0 Å². The molecule has 0 aromatic heterocycles. The van der Waals surface area contributed by atoms with E-state index in [9.17, 15) is 35.1 Å². The topological polar surface area (TPSA) is 175 Å². The summed E-state index contributed by atoms with van der Waals surface area (Å²) < 4.78 is 16.7. The lowest BCUT2D eigenvalue weighted by Crippen LogP contribution is -2.60. The number of rotatable bonds is 58. The molecule has 1 aliphatic rings. The molecule has 1 rings (SSSR count). The van der Waals surface area contributed by atoms with Crippen molar-refractivity contribution in [2.45, 2.75) is 358 Å². The first-order chi connectivity index (χ1) is 38.2. The molecule has 1 amide bonds. The highest BCUT2D eigenvalue weighted by Crippen LogP contribution is 2.23. The normalized spacial score (nSPS) is 18.7. The summed E-state index contributed by atoms with van der Waals surface area (Å²) in [6.07, 6.45) is 61.3. The first-order valence-corrected chi connectivity index (χ1v) is 33.3. The van der Waals surface area contributed by atoms with Gasteiger partial charge in [-0.25, -0.2) is 0 Å². The summed E-state index contributed by atoms with van der Waals surface area (Å²) in [5.74, 6) is -0.183. The maximum Gasteiger partial charge on any atom is 0.305 e. The van der Waals surface area contributed by atoms with Crippen molar-refractivity contribution in [3.63, 3.8) is 0 Å². The van der Waals surface area contributed by atoms with Gasteiger partial charge in [-0.2, -0.15) is 0 Å². The number of carbonyl (C=O) groups is 2. The quantitative estimate of drug-likeness (QED) is 0.0195. The monoisotopic (exact) mass is 1100 g/mol. The molecule has 1 fully saturated rings. The summed E-state index contributed by atoms with van der Waals surface area (Å²) in [6, 6.07) is -0.811.